The molecule has 6 nitrogen and oxygen atoms in total. The minimum atomic E-state index is -3.58. The fourth-order valence-electron chi connectivity index (χ4n) is 4.25. The first kappa shape index (κ1) is 18.7. The third kappa shape index (κ3) is 3.45. The first-order valence-electron chi connectivity index (χ1n) is 9.74. The van der Waals surface area contributed by atoms with Crippen LogP contribution in [-0.4, -0.2) is 49.9 Å². The monoisotopic (exact) mass is 427 g/mol. The molecule has 5 heterocycles. The zero-order chi connectivity index (χ0) is 20.0. The highest BCUT2D eigenvalue weighted by Gasteiger charge is 2.35. The van der Waals surface area contributed by atoms with Crippen molar-refractivity contribution in [1.82, 2.24) is 15.2 Å². The van der Waals surface area contributed by atoms with Crippen LogP contribution in [0.1, 0.15) is 23.3 Å². The molecule has 0 spiro atoms. The van der Waals surface area contributed by atoms with E-state index in [2.05, 4.69) is 15.2 Å². The van der Waals surface area contributed by atoms with Crippen LogP contribution in [0.25, 0.3) is 10.1 Å². The third-order valence-electron chi connectivity index (χ3n) is 5.90. The highest BCUT2D eigenvalue weighted by molar-refractivity contribution is 7.93. The van der Waals surface area contributed by atoms with E-state index in [1.54, 1.807) is 48.7 Å². The second-order valence-electron chi connectivity index (χ2n) is 7.71. The molecule has 3 aromatic rings. The van der Waals surface area contributed by atoms with Crippen LogP contribution in [0.4, 0.5) is 0 Å². The average Bonchev–Trinajstić information content (AvgIpc) is 3.19. The minimum Gasteiger partial charge on any atom is -0.346 e. The molecule has 0 saturated carbocycles. The van der Waals surface area contributed by atoms with E-state index in [-0.39, 0.29) is 21.1 Å². The number of fused-ring (bicyclic) bond motifs is 4. The van der Waals surface area contributed by atoms with Crippen molar-refractivity contribution in [3.8, 4) is 0 Å². The Bertz CT molecular complexity index is 1170. The lowest BCUT2D eigenvalue weighted by molar-refractivity contribution is 0.0618. The van der Waals surface area contributed by atoms with Gasteiger partial charge in [0.2, 0.25) is 9.84 Å². The summed E-state index contributed by atoms with van der Waals surface area (Å²) in [7, 11) is -3.58. The molecule has 1 unspecified atom stereocenters. The summed E-state index contributed by atoms with van der Waals surface area (Å²) in [4.78, 5) is 19.7. The molecule has 150 valence electrons. The van der Waals surface area contributed by atoms with Gasteiger partial charge in [-0.15, -0.1) is 11.3 Å². The summed E-state index contributed by atoms with van der Waals surface area (Å²) in [5.41, 5.74) is 0.333. The van der Waals surface area contributed by atoms with Gasteiger partial charge in [-0.05, 0) is 56.1 Å². The standard InChI is InChI=1S/C21H21N3O3S2/c25-21(23-18-13-24-8-6-14(18)7-9-24)17-11-19-15(12-22-17)10-20(28-19)29(26,27)16-4-2-1-3-5-16/h1-5,10-12,14,18H,6-9,13H2,(H,23,25). The Balaban J connectivity index is 1.40. The fourth-order valence-corrected chi connectivity index (χ4v) is 7.08. The SMILES string of the molecule is O=C(NC1CN2CCC1CC2)c1cc2sc(S(=O)(=O)c3ccccc3)cc2cn1. The molecule has 1 aromatic carbocycles. The van der Waals surface area contributed by atoms with Gasteiger partial charge in [-0.25, -0.2) is 8.42 Å². The van der Waals surface area contributed by atoms with Crippen molar-refractivity contribution >= 4 is 37.2 Å². The van der Waals surface area contributed by atoms with Crippen LogP contribution in [-0.2, 0) is 9.84 Å². The van der Waals surface area contributed by atoms with Crippen molar-refractivity contribution < 1.29 is 13.2 Å². The predicted octanol–water partition coefficient (Wildman–Crippen LogP) is 2.95. The van der Waals surface area contributed by atoms with Crippen LogP contribution < -0.4 is 5.32 Å². The zero-order valence-electron chi connectivity index (χ0n) is 15.7. The van der Waals surface area contributed by atoms with E-state index in [0.29, 0.717) is 11.6 Å². The van der Waals surface area contributed by atoms with E-state index >= 15 is 0 Å². The summed E-state index contributed by atoms with van der Waals surface area (Å²) in [6, 6.07) is 11.9. The summed E-state index contributed by atoms with van der Waals surface area (Å²) in [5, 5.41) is 3.86. The van der Waals surface area contributed by atoms with E-state index in [9.17, 15) is 13.2 Å². The summed E-state index contributed by atoms with van der Waals surface area (Å²) < 4.78 is 26.7. The third-order valence-corrected chi connectivity index (χ3v) is 9.24. The Morgan fingerprint density at radius 2 is 1.90 bits per heavy atom. The molecule has 8 heteroatoms. The molecular weight excluding hydrogens is 406 g/mol. The zero-order valence-corrected chi connectivity index (χ0v) is 17.4. The second-order valence-corrected chi connectivity index (χ2v) is 11.0. The first-order valence-corrected chi connectivity index (χ1v) is 12.0. The number of carbonyl (C=O) groups excluding carboxylic acids is 1. The maximum Gasteiger partial charge on any atom is 0.270 e. The Labute approximate surface area is 173 Å². The number of benzene rings is 1. The fraction of sp³-hybridized carbons (Fsp3) is 0.333. The van der Waals surface area contributed by atoms with Gasteiger partial charge in [0.05, 0.1) is 4.90 Å². The molecule has 3 aliphatic rings. The maximum absolute atomic E-state index is 12.9. The van der Waals surface area contributed by atoms with E-state index < -0.39 is 9.84 Å². The first-order chi connectivity index (χ1) is 14.0. The number of nitrogens with one attached hydrogen (secondary N) is 1. The Hall–Kier alpha value is -2.29. The van der Waals surface area contributed by atoms with Gasteiger partial charge in [0.15, 0.2) is 0 Å². The Kier molecular flexibility index (Phi) is 4.64. The number of piperidine rings is 3. The maximum atomic E-state index is 12.9. The molecule has 1 amide bonds. The van der Waals surface area contributed by atoms with Gasteiger partial charge < -0.3 is 10.2 Å². The van der Waals surface area contributed by atoms with Crippen molar-refractivity contribution in [2.75, 3.05) is 19.6 Å². The number of hydrogen-bond acceptors (Lipinski definition) is 6. The Morgan fingerprint density at radius 3 is 2.59 bits per heavy atom. The lowest BCUT2D eigenvalue weighted by Gasteiger charge is -2.44. The topological polar surface area (TPSA) is 79.4 Å². The molecule has 6 rings (SSSR count). The highest BCUT2D eigenvalue weighted by atomic mass is 32.2. The number of aromatic nitrogens is 1. The summed E-state index contributed by atoms with van der Waals surface area (Å²) in [6.07, 6.45) is 3.84. The van der Waals surface area contributed by atoms with Crippen molar-refractivity contribution in [3.05, 3.63) is 54.4 Å². The van der Waals surface area contributed by atoms with E-state index in [1.807, 2.05) is 0 Å². The van der Waals surface area contributed by atoms with Crippen LogP contribution >= 0.6 is 11.3 Å². The molecule has 1 atom stereocenters. The largest absolute Gasteiger partial charge is 0.346 e. The van der Waals surface area contributed by atoms with Crippen LogP contribution in [0, 0.1) is 5.92 Å². The van der Waals surface area contributed by atoms with Crippen molar-refractivity contribution in [2.45, 2.75) is 28.0 Å². The van der Waals surface area contributed by atoms with Gasteiger partial charge in [-0.3, -0.25) is 9.78 Å². The summed E-state index contributed by atoms with van der Waals surface area (Å²) >= 11 is 1.17. The van der Waals surface area contributed by atoms with Crippen LogP contribution in [0.2, 0.25) is 0 Å². The number of sulfone groups is 1. The number of thiophene rings is 1. The number of pyridine rings is 1. The minimum absolute atomic E-state index is 0.167. The lowest BCUT2D eigenvalue weighted by atomic mass is 9.84. The van der Waals surface area contributed by atoms with Gasteiger partial charge in [0.1, 0.15) is 9.90 Å². The van der Waals surface area contributed by atoms with E-state index in [0.717, 1.165) is 42.6 Å². The van der Waals surface area contributed by atoms with E-state index in [4.69, 9.17) is 0 Å². The van der Waals surface area contributed by atoms with Crippen molar-refractivity contribution in [3.63, 3.8) is 0 Å². The van der Waals surface area contributed by atoms with Gasteiger partial charge in [0, 0.05) is 28.9 Å². The average molecular weight is 428 g/mol. The van der Waals surface area contributed by atoms with Gasteiger partial charge in [0.25, 0.3) is 5.91 Å². The summed E-state index contributed by atoms with van der Waals surface area (Å²) in [5.74, 6) is 0.351. The van der Waals surface area contributed by atoms with Gasteiger partial charge in [-0.1, -0.05) is 18.2 Å². The molecule has 1 N–H and O–H groups in total. The molecular formula is C21H21N3O3S2. The molecule has 3 aliphatic heterocycles. The van der Waals surface area contributed by atoms with E-state index in [1.165, 1.54) is 11.3 Å². The molecule has 0 aliphatic carbocycles. The second kappa shape index (κ2) is 7.19. The smallest absolute Gasteiger partial charge is 0.270 e. The van der Waals surface area contributed by atoms with Gasteiger partial charge in [-0.2, -0.15) is 0 Å². The molecule has 29 heavy (non-hydrogen) atoms. The van der Waals surface area contributed by atoms with Crippen molar-refractivity contribution in [1.29, 1.82) is 0 Å². The Morgan fingerprint density at radius 1 is 1.14 bits per heavy atom. The van der Waals surface area contributed by atoms with Crippen molar-refractivity contribution in [2.24, 2.45) is 5.92 Å². The molecule has 2 aromatic heterocycles. The number of hydrogen-bond donors (Lipinski definition) is 1. The summed E-state index contributed by atoms with van der Waals surface area (Å²) in [6.45, 7) is 3.14. The number of amides is 1. The van der Waals surface area contributed by atoms with Crippen LogP contribution in [0.15, 0.2) is 57.8 Å². The highest BCUT2D eigenvalue weighted by Crippen LogP contribution is 2.33. The normalized spacial score (nSPS) is 23.9. The molecule has 3 fully saturated rings. The molecule has 2 bridgehead atoms. The number of nitrogens with zero attached hydrogens (tertiary/aromatic N) is 2. The number of carbonyl (C=O) groups is 1. The molecule has 3 saturated heterocycles. The molecule has 0 radical (unpaired) electrons. The van der Waals surface area contributed by atoms with Crippen LogP contribution in [0.5, 0.6) is 0 Å². The predicted molar refractivity (Wildman–Crippen MR) is 112 cm³/mol. The number of rotatable bonds is 4. The van der Waals surface area contributed by atoms with Crippen LogP contribution in [0.3, 0.4) is 0 Å². The van der Waals surface area contributed by atoms with Gasteiger partial charge >= 0.3 is 0 Å². The lowest BCUT2D eigenvalue weighted by Crippen LogP contribution is -2.57. The quantitative estimate of drug-likeness (QED) is 0.693.